The van der Waals surface area contributed by atoms with Crippen molar-refractivity contribution in [1.29, 1.82) is 0 Å². The van der Waals surface area contributed by atoms with Crippen LogP contribution in [0.25, 0.3) is 0 Å². The summed E-state index contributed by atoms with van der Waals surface area (Å²) in [5.41, 5.74) is 0.598. The smallest absolute Gasteiger partial charge is 0.311 e. The van der Waals surface area contributed by atoms with Gasteiger partial charge in [-0.15, -0.1) is 0 Å². The van der Waals surface area contributed by atoms with E-state index in [1.807, 2.05) is 0 Å². The molecule has 0 aliphatic rings. The van der Waals surface area contributed by atoms with Gasteiger partial charge >= 0.3 is 10.1 Å². The van der Waals surface area contributed by atoms with Crippen LogP contribution >= 0.6 is 0 Å². The maximum atomic E-state index is 12.3. The lowest BCUT2D eigenvalue weighted by molar-refractivity contribution is 0.456. The zero-order chi connectivity index (χ0) is 20.1. The summed E-state index contributed by atoms with van der Waals surface area (Å²) in [6.45, 7) is 5.66. The Morgan fingerprint density at radius 3 is 1.96 bits per heavy atom. The molecule has 0 radical (unpaired) electrons. The number of phenolic OH excluding ortho intramolecular Hbond substituents is 1. The number of hydrogen-bond acceptors (Lipinski definition) is 4. The molecule has 0 aromatic heterocycles. The molecule has 1 aromatic rings. The molecule has 0 aliphatic heterocycles. The molecule has 1 aromatic carbocycles. The van der Waals surface area contributed by atoms with Gasteiger partial charge in [-0.2, -0.15) is 8.42 Å². The molecule has 4 nitrogen and oxygen atoms in total. The van der Waals surface area contributed by atoms with E-state index in [1.54, 1.807) is 19.9 Å². The first kappa shape index (κ1) is 23.8. The highest BCUT2D eigenvalue weighted by Gasteiger charge is 2.22. The minimum absolute atomic E-state index is 0.133. The standard InChI is InChI=1S/C22H38O4S/c1-4-5-6-7-8-9-10-11-12-13-14-15-20(3)27(24,25)26-21-16-17-22(23)19(2)18-21/h16-18,20,23H,4-15H2,1-3H3. The van der Waals surface area contributed by atoms with E-state index in [0.717, 1.165) is 12.8 Å². The van der Waals surface area contributed by atoms with Crippen LogP contribution in [0.5, 0.6) is 11.5 Å². The minimum Gasteiger partial charge on any atom is -0.508 e. The predicted octanol–water partition coefficient (Wildman–Crippen LogP) is 6.50. The van der Waals surface area contributed by atoms with Gasteiger partial charge < -0.3 is 9.29 Å². The van der Waals surface area contributed by atoms with Gasteiger partial charge in [-0.3, -0.25) is 0 Å². The van der Waals surface area contributed by atoms with Crippen LogP contribution in [0.15, 0.2) is 18.2 Å². The largest absolute Gasteiger partial charge is 0.508 e. The summed E-state index contributed by atoms with van der Waals surface area (Å²) < 4.78 is 29.9. The second-order valence-electron chi connectivity index (χ2n) is 7.66. The summed E-state index contributed by atoms with van der Waals surface area (Å²) in [4.78, 5) is 0. The van der Waals surface area contributed by atoms with Crippen molar-refractivity contribution in [2.75, 3.05) is 0 Å². The number of unbranched alkanes of at least 4 members (excludes halogenated alkanes) is 10. The van der Waals surface area contributed by atoms with E-state index >= 15 is 0 Å². The topological polar surface area (TPSA) is 63.6 Å². The number of aromatic hydroxyl groups is 1. The molecular weight excluding hydrogens is 360 g/mol. The van der Waals surface area contributed by atoms with Crippen molar-refractivity contribution in [3.63, 3.8) is 0 Å². The van der Waals surface area contributed by atoms with Crippen molar-refractivity contribution in [3.8, 4) is 11.5 Å². The van der Waals surface area contributed by atoms with Crippen LogP contribution in [0, 0.1) is 6.92 Å². The fourth-order valence-corrected chi connectivity index (χ4v) is 4.13. The Labute approximate surface area is 166 Å². The molecule has 5 heteroatoms. The number of phenols is 1. The highest BCUT2D eigenvalue weighted by atomic mass is 32.2. The Balaban J connectivity index is 2.16. The summed E-state index contributed by atoms with van der Waals surface area (Å²) in [6, 6.07) is 4.48. The number of rotatable bonds is 15. The summed E-state index contributed by atoms with van der Waals surface area (Å²) in [5.74, 6) is 0.393. The van der Waals surface area contributed by atoms with E-state index in [9.17, 15) is 13.5 Å². The molecule has 0 saturated heterocycles. The van der Waals surface area contributed by atoms with E-state index in [0.29, 0.717) is 12.0 Å². The molecule has 1 atom stereocenters. The van der Waals surface area contributed by atoms with Gasteiger partial charge in [0.25, 0.3) is 0 Å². The van der Waals surface area contributed by atoms with Gasteiger partial charge in [-0.05, 0) is 44.0 Å². The summed E-state index contributed by atoms with van der Waals surface area (Å²) in [6.07, 6.45) is 14.4. The molecule has 1 N–H and O–H groups in total. The number of aryl methyl sites for hydroxylation is 1. The maximum absolute atomic E-state index is 12.3. The Morgan fingerprint density at radius 1 is 0.926 bits per heavy atom. The fraction of sp³-hybridized carbons (Fsp3) is 0.727. The van der Waals surface area contributed by atoms with Crippen molar-refractivity contribution in [2.45, 2.75) is 103 Å². The van der Waals surface area contributed by atoms with Gasteiger partial charge in [0.15, 0.2) is 0 Å². The number of hydrogen-bond donors (Lipinski definition) is 1. The van der Waals surface area contributed by atoms with Gasteiger partial charge in [-0.25, -0.2) is 0 Å². The maximum Gasteiger partial charge on any atom is 0.311 e. The third kappa shape index (κ3) is 10.0. The molecule has 0 aliphatic carbocycles. The van der Waals surface area contributed by atoms with E-state index in [4.69, 9.17) is 4.18 Å². The van der Waals surface area contributed by atoms with Crippen LogP contribution in [-0.2, 0) is 10.1 Å². The summed E-state index contributed by atoms with van der Waals surface area (Å²) in [7, 11) is -3.64. The molecule has 0 heterocycles. The van der Waals surface area contributed by atoms with Crippen molar-refractivity contribution in [1.82, 2.24) is 0 Å². The van der Waals surface area contributed by atoms with Gasteiger partial charge in [0, 0.05) is 0 Å². The van der Waals surface area contributed by atoms with Gasteiger partial charge in [-0.1, -0.05) is 77.6 Å². The molecule has 0 bridgehead atoms. The van der Waals surface area contributed by atoms with E-state index in [2.05, 4.69) is 6.92 Å². The Bertz CT molecular complexity index is 625. The SMILES string of the molecule is CCCCCCCCCCCCCC(C)S(=O)(=O)Oc1ccc(O)c(C)c1. The molecule has 0 amide bonds. The average Bonchev–Trinajstić information content (AvgIpc) is 2.62. The third-order valence-electron chi connectivity index (χ3n) is 5.09. The Hall–Kier alpha value is -1.23. The quantitative estimate of drug-likeness (QED) is 0.270. The van der Waals surface area contributed by atoms with E-state index < -0.39 is 15.4 Å². The Kier molecular flexibility index (Phi) is 11.5. The second kappa shape index (κ2) is 13.0. The normalized spacial score (nSPS) is 12.9. The lowest BCUT2D eigenvalue weighted by Crippen LogP contribution is -2.23. The molecule has 0 saturated carbocycles. The van der Waals surface area contributed by atoms with Crippen LogP contribution in [-0.4, -0.2) is 18.8 Å². The van der Waals surface area contributed by atoms with Gasteiger partial charge in [0.2, 0.25) is 0 Å². The predicted molar refractivity (Wildman–Crippen MR) is 113 cm³/mol. The molecule has 1 unspecified atom stereocenters. The van der Waals surface area contributed by atoms with Gasteiger partial charge in [0.05, 0.1) is 5.25 Å². The lowest BCUT2D eigenvalue weighted by atomic mass is 10.0. The highest BCUT2D eigenvalue weighted by Crippen LogP contribution is 2.24. The van der Waals surface area contributed by atoms with Crippen molar-refractivity contribution in [3.05, 3.63) is 23.8 Å². The van der Waals surface area contributed by atoms with Crippen LogP contribution < -0.4 is 4.18 Å². The monoisotopic (exact) mass is 398 g/mol. The first-order chi connectivity index (χ1) is 12.9. The van der Waals surface area contributed by atoms with Crippen LogP contribution in [0.3, 0.4) is 0 Å². The first-order valence-electron chi connectivity index (χ1n) is 10.6. The van der Waals surface area contributed by atoms with E-state index in [-0.39, 0.29) is 11.5 Å². The number of benzene rings is 1. The van der Waals surface area contributed by atoms with Crippen LogP contribution in [0.2, 0.25) is 0 Å². The van der Waals surface area contributed by atoms with Crippen molar-refractivity contribution in [2.24, 2.45) is 0 Å². The summed E-state index contributed by atoms with van der Waals surface area (Å²) in [5, 5.41) is 8.99. The first-order valence-corrected chi connectivity index (χ1v) is 12.1. The third-order valence-corrected chi connectivity index (χ3v) is 6.73. The summed E-state index contributed by atoms with van der Waals surface area (Å²) >= 11 is 0. The molecule has 0 fully saturated rings. The average molecular weight is 399 g/mol. The van der Waals surface area contributed by atoms with Crippen LogP contribution in [0.4, 0.5) is 0 Å². The molecule has 27 heavy (non-hydrogen) atoms. The highest BCUT2D eigenvalue weighted by molar-refractivity contribution is 7.87. The molecule has 156 valence electrons. The lowest BCUT2D eigenvalue weighted by Gasteiger charge is -2.14. The van der Waals surface area contributed by atoms with Crippen LogP contribution in [0.1, 0.15) is 96.5 Å². The minimum atomic E-state index is -3.64. The fourth-order valence-electron chi connectivity index (χ4n) is 3.14. The Morgan fingerprint density at radius 2 is 1.44 bits per heavy atom. The second-order valence-corrected chi connectivity index (χ2v) is 9.62. The zero-order valence-electron chi connectivity index (χ0n) is 17.4. The molecule has 0 spiro atoms. The molecule has 1 rings (SSSR count). The van der Waals surface area contributed by atoms with Crippen molar-refractivity contribution >= 4 is 10.1 Å². The zero-order valence-corrected chi connectivity index (χ0v) is 18.2. The molecular formula is C22H38O4S. The van der Waals surface area contributed by atoms with Crippen molar-refractivity contribution < 1.29 is 17.7 Å². The van der Waals surface area contributed by atoms with E-state index in [1.165, 1.54) is 69.9 Å². The van der Waals surface area contributed by atoms with Gasteiger partial charge in [0.1, 0.15) is 11.5 Å².